The number of benzene rings is 2. The van der Waals surface area contributed by atoms with E-state index in [1.54, 1.807) is 0 Å². The third-order valence-electron chi connectivity index (χ3n) is 3.05. The van der Waals surface area contributed by atoms with Gasteiger partial charge in [0.1, 0.15) is 11.5 Å². The molecule has 96 valence electrons. The summed E-state index contributed by atoms with van der Waals surface area (Å²) in [5.74, 6) is 1.65. The molecular weight excluding hydrogens is 238 g/mol. The van der Waals surface area contributed by atoms with Crippen LogP contribution in [0.15, 0.2) is 59.8 Å². The van der Waals surface area contributed by atoms with E-state index in [4.69, 9.17) is 9.57 Å². The maximum atomic E-state index is 5.93. The molecule has 3 rings (SSSR count). The van der Waals surface area contributed by atoms with E-state index >= 15 is 0 Å². The summed E-state index contributed by atoms with van der Waals surface area (Å²) in [6.07, 6.45) is 0.773. The lowest BCUT2D eigenvalue weighted by Gasteiger charge is -2.14. The Kier molecular flexibility index (Phi) is 3.19. The number of nitrogens with zero attached hydrogens (tertiary/aromatic N) is 1. The Morgan fingerprint density at radius 3 is 2.53 bits per heavy atom. The van der Waals surface area contributed by atoms with Gasteiger partial charge in [0.05, 0.1) is 5.71 Å². The van der Waals surface area contributed by atoms with Crippen LogP contribution in [0.2, 0.25) is 0 Å². The lowest BCUT2D eigenvalue weighted by atomic mass is 10.0. The quantitative estimate of drug-likeness (QED) is 0.815. The first kappa shape index (κ1) is 11.8. The highest BCUT2D eigenvalue weighted by atomic mass is 16.6. The van der Waals surface area contributed by atoms with Gasteiger partial charge in [-0.25, -0.2) is 0 Å². The van der Waals surface area contributed by atoms with E-state index in [9.17, 15) is 0 Å². The predicted molar refractivity (Wildman–Crippen MR) is 74.5 cm³/mol. The Bertz CT molecular complexity index is 593. The molecule has 0 N–H and O–H groups in total. The Morgan fingerprint density at radius 1 is 1.05 bits per heavy atom. The van der Waals surface area contributed by atoms with Gasteiger partial charge < -0.3 is 9.57 Å². The van der Waals surface area contributed by atoms with Crippen LogP contribution in [0.25, 0.3) is 0 Å². The molecule has 0 saturated heterocycles. The van der Waals surface area contributed by atoms with Crippen LogP contribution in [0.1, 0.15) is 25.0 Å². The molecule has 0 amide bonds. The summed E-state index contributed by atoms with van der Waals surface area (Å²) in [7, 11) is 0. The first-order valence-corrected chi connectivity index (χ1v) is 6.34. The van der Waals surface area contributed by atoms with Gasteiger partial charge in [0.2, 0.25) is 0 Å². The van der Waals surface area contributed by atoms with Crippen LogP contribution in [-0.2, 0) is 4.84 Å². The van der Waals surface area contributed by atoms with Gasteiger partial charge >= 0.3 is 0 Å². The van der Waals surface area contributed by atoms with Crippen LogP contribution in [0.3, 0.4) is 0 Å². The molecule has 2 aromatic carbocycles. The molecule has 0 aliphatic carbocycles. The highest BCUT2D eigenvalue weighted by Gasteiger charge is 2.23. The van der Waals surface area contributed by atoms with Gasteiger partial charge in [-0.15, -0.1) is 0 Å². The molecule has 0 unspecified atom stereocenters. The molecular formula is C16H15NO2. The minimum Gasteiger partial charge on any atom is -0.457 e. The summed E-state index contributed by atoms with van der Waals surface area (Å²) < 4.78 is 5.93. The van der Waals surface area contributed by atoms with E-state index in [1.165, 1.54) is 0 Å². The highest BCUT2D eigenvalue weighted by Crippen LogP contribution is 2.35. The van der Waals surface area contributed by atoms with E-state index in [2.05, 4.69) is 5.16 Å². The zero-order chi connectivity index (χ0) is 13.1. The van der Waals surface area contributed by atoms with Crippen molar-refractivity contribution in [3.8, 4) is 11.5 Å². The topological polar surface area (TPSA) is 30.8 Å². The number of ether oxygens (including phenoxy) is 1. The molecule has 3 heteroatoms. The van der Waals surface area contributed by atoms with Crippen molar-refractivity contribution in [1.82, 2.24) is 0 Å². The Morgan fingerprint density at radius 2 is 1.79 bits per heavy atom. The van der Waals surface area contributed by atoms with E-state index < -0.39 is 0 Å². The van der Waals surface area contributed by atoms with E-state index in [-0.39, 0.29) is 6.10 Å². The summed E-state index contributed by atoms with van der Waals surface area (Å²) in [5, 5.41) is 4.00. The minimum absolute atomic E-state index is 0.0417. The Labute approximate surface area is 112 Å². The lowest BCUT2D eigenvalue weighted by Crippen LogP contribution is -2.00. The Balaban J connectivity index is 1.86. The number of hydrogen-bond acceptors (Lipinski definition) is 3. The smallest absolute Gasteiger partial charge is 0.161 e. The normalized spacial score (nSPS) is 17.7. The molecule has 1 atom stereocenters. The molecule has 1 heterocycles. The second kappa shape index (κ2) is 5.14. The molecule has 2 aromatic rings. The second-order valence-electron chi connectivity index (χ2n) is 4.58. The summed E-state index contributed by atoms with van der Waals surface area (Å²) in [6.45, 7) is 1.97. The predicted octanol–water partition coefficient (Wildman–Crippen LogP) is 4.32. The SMILES string of the molecule is CC1=NO[C@@H](c2ccccc2Oc2ccccc2)C1. The van der Waals surface area contributed by atoms with Crippen LogP contribution >= 0.6 is 0 Å². The van der Waals surface area contributed by atoms with Gasteiger partial charge in [-0.1, -0.05) is 41.6 Å². The third kappa shape index (κ3) is 2.60. The Hall–Kier alpha value is -2.29. The molecule has 19 heavy (non-hydrogen) atoms. The monoisotopic (exact) mass is 253 g/mol. The van der Waals surface area contributed by atoms with Gasteiger partial charge in [-0.2, -0.15) is 0 Å². The van der Waals surface area contributed by atoms with Crippen molar-refractivity contribution in [2.75, 3.05) is 0 Å². The van der Waals surface area contributed by atoms with Crippen molar-refractivity contribution < 1.29 is 9.57 Å². The van der Waals surface area contributed by atoms with Gasteiger partial charge in [0.25, 0.3) is 0 Å². The molecule has 0 spiro atoms. The van der Waals surface area contributed by atoms with Crippen LogP contribution in [0, 0.1) is 0 Å². The number of hydrogen-bond donors (Lipinski definition) is 0. The fourth-order valence-electron chi connectivity index (χ4n) is 2.12. The molecule has 0 radical (unpaired) electrons. The molecule has 1 aliphatic heterocycles. The molecule has 0 bridgehead atoms. The van der Waals surface area contributed by atoms with Crippen LogP contribution < -0.4 is 4.74 Å². The summed E-state index contributed by atoms with van der Waals surface area (Å²) >= 11 is 0. The van der Waals surface area contributed by atoms with Gasteiger partial charge in [0.15, 0.2) is 6.10 Å². The summed E-state index contributed by atoms with van der Waals surface area (Å²) in [4.78, 5) is 5.44. The molecule has 1 aliphatic rings. The summed E-state index contributed by atoms with van der Waals surface area (Å²) in [6, 6.07) is 17.7. The largest absolute Gasteiger partial charge is 0.457 e. The number of para-hydroxylation sites is 2. The second-order valence-corrected chi connectivity index (χ2v) is 4.58. The lowest BCUT2D eigenvalue weighted by molar-refractivity contribution is 0.0841. The van der Waals surface area contributed by atoms with Crippen LogP contribution in [0.5, 0.6) is 11.5 Å². The zero-order valence-electron chi connectivity index (χ0n) is 10.7. The first-order chi connectivity index (χ1) is 9.33. The maximum Gasteiger partial charge on any atom is 0.161 e. The van der Waals surface area contributed by atoms with Crippen LogP contribution in [0.4, 0.5) is 0 Å². The molecule has 3 nitrogen and oxygen atoms in total. The zero-order valence-corrected chi connectivity index (χ0v) is 10.7. The van der Waals surface area contributed by atoms with Crippen molar-refractivity contribution in [1.29, 1.82) is 0 Å². The third-order valence-corrected chi connectivity index (χ3v) is 3.05. The first-order valence-electron chi connectivity index (χ1n) is 6.34. The van der Waals surface area contributed by atoms with E-state index in [0.717, 1.165) is 29.2 Å². The average molecular weight is 253 g/mol. The minimum atomic E-state index is -0.0417. The van der Waals surface area contributed by atoms with Gasteiger partial charge in [-0.3, -0.25) is 0 Å². The summed E-state index contributed by atoms with van der Waals surface area (Å²) in [5.41, 5.74) is 2.05. The van der Waals surface area contributed by atoms with Crippen molar-refractivity contribution >= 4 is 5.71 Å². The van der Waals surface area contributed by atoms with Crippen molar-refractivity contribution in [2.45, 2.75) is 19.4 Å². The number of rotatable bonds is 3. The van der Waals surface area contributed by atoms with Crippen LogP contribution in [-0.4, -0.2) is 5.71 Å². The van der Waals surface area contributed by atoms with E-state index in [1.807, 2.05) is 61.5 Å². The highest BCUT2D eigenvalue weighted by molar-refractivity contribution is 5.83. The van der Waals surface area contributed by atoms with Crippen molar-refractivity contribution in [3.05, 3.63) is 60.2 Å². The van der Waals surface area contributed by atoms with E-state index in [0.29, 0.717) is 0 Å². The van der Waals surface area contributed by atoms with Crippen molar-refractivity contribution in [3.63, 3.8) is 0 Å². The molecule has 0 saturated carbocycles. The molecule has 0 aromatic heterocycles. The standard InChI is InChI=1S/C16H15NO2/c1-12-11-16(19-17-12)14-9-5-6-10-15(14)18-13-7-3-2-4-8-13/h2-10,16H,11H2,1H3/t16-/m1/s1. The maximum absolute atomic E-state index is 5.93. The average Bonchev–Trinajstić information content (AvgIpc) is 2.87. The fraction of sp³-hybridized carbons (Fsp3) is 0.188. The molecule has 0 fully saturated rings. The van der Waals surface area contributed by atoms with Gasteiger partial charge in [0, 0.05) is 12.0 Å². The van der Waals surface area contributed by atoms with Gasteiger partial charge in [-0.05, 0) is 25.1 Å². The fourth-order valence-corrected chi connectivity index (χ4v) is 2.12. The number of oxime groups is 1. The van der Waals surface area contributed by atoms with Crippen molar-refractivity contribution in [2.24, 2.45) is 5.16 Å².